The summed E-state index contributed by atoms with van der Waals surface area (Å²) < 4.78 is 20.6. The van der Waals surface area contributed by atoms with Gasteiger partial charge in [0.1, 0.15) is 18.1 Å². The summed E-state index contributed by atoms with van der Waals surface area (Å²) in [7, 11) is 0. The minimum absolute atomic E-state index is 0.118. The number of rotatable bonds is 7. The van der Waals surface area contributed by atoms with Crippen molar-refractivity contribution >= 4 is 28.4 Å². The largest absolute Gasteiger partial charge is 0.467 e. The molecule has 3 aromatic carbocycles. The summed E-state index contributed by atoms with van der Waals surface area (Å²) in [5, 5.41) is 5.48. The van der Waals surface area contributed by atoms with Crippen LogP contribution in [0.2, 0.25) is 0 Å². The number of halogens is 1. The SMILES string of the molecule is O=C(Cn1c(=O)n(-c2ccccc2)c(=O)c2ccc(C(=O)NCc3ccco3)cc21)Nc1ccc(F)cc1. The molecular weight excluding hydrogens is 491 g/mol. The number of amides is 2. The Morgan fingerprint density at radius 3 is 2.37 bits per heavy atom. The van der Waals surface area contributed by atoms with Gasteiger partial charge in [-0.1, -0.05) is 18.2 Å². The number of carbonyl (C=O) groups excluding carboxylic acids is 2. The van der Waals surface area contributed by atoms with Crippen LogP contribution in [0.1, 0.15) is 16.1 Å². The Kier molecular flexibility index (Phi) is 6.68. The third kappa shape index (κ3) is 5.00. The van der Waals surface area contributed by atoms with Crippen LogP contribution in [0, 0.1) is 5.82 Å². The number of fused-ring (bicyclic) bond motifs is 1. The first-order valence-electron chi connectivity index (χ1n) is 11.6. The van der Waals surface area contributed by atoms with E-state index in [4.69, 9.17) is 4.42 Å². The van der Waals surface area contributed by atoms with Crippen molar-refractivity contribution in [2.24, 2.45) is 0 Å². The van der Waals surface area contributed by atoms with Crippen LogP contribution in [0.15, 0.2) is 105 Å². The molecule has 0 radical (unpaired) electrons. The Morgan fingerprint density at radius 2 is 1.66 bits per heavy atom. The molecule has 0 saturated carbocycles. The number of aromatic nitrogens is 2. The molecule has 5 rings (SSSR count). The molecule has 2 aromatic heterocycles. The maximum absolute atomic E-state index is 13.6. The number of anilines is 1. The van der Waals surface area contributed by atoms with Crippen LogP contribution >= 0.6 is 0 Å². The molecule has 0 aliphatic rings. The van der Waals surface area contributed by atoms with E-state index in [0.717, 1.165) is 9.13 Å². The van der Waals surface area contributed by atoms with E-state index in [1.807, 2.05) is 0 Å². The highest BCUT2D eigenvalue weighted by atomic mass is 19.1. The van der Waals surface area contributed by atoms with E-state index in [1.54, 1.807) is 42.5 Å². The molecule has 0 aliphatic heterocycles. The lowest BCUT2D eigenvalue weighted by Gasteiger charge is -2.15. The van der Waals surface area contributed by atoms with Crippen molar-refractivity contribution in [3.8, 4) is 5.69 Å². The Balaban J connectivity index is 1.57. The number of benzene rings is 3. The maximum atomic E-state index is 13.6. The van der Waals surface area contributed by atoms with Gasteiger partial charge in [-0.15, -0.1) is 0 Å². The smallest absolute Gasteiger partial charge is 0.336 e. The van der Waals surface area contributed by atoms with Gasteiger partial charge in [0.15, 0.2) is 0 Å². The summed E-state index contributed by atoms with van der Waals surface area (Å²) in [5.74, 6) is -0.937. The second-order valence-corrected chi connectivity index (χ2v) is 8.39. The molecule has 0 aliphatic carbocycles. The second-order valence-electron chi connectivity index (χ2n) is 8.39. The van der Waals surface area contributed by atoms with E-state index in [1.165, 1.54) is 48.7 Å². The fourth-order valence-electron chi connectivity index (χ4n) is 4.03. The summed E-state index contributed by atoms with van der Waals surface area (Å²) in [6, 6.07) is 21.2. The molecule has 10 heteroatoms. The lowest BCUT2D eigenvalue weighted by Crippen LogP contribution is -2.41. The Labute approximate surface area is 214 Å². The minimum Gasteiger partial charge on any atom is -0.467 e. The molecule has 9 nitrogen and oxygen atoms in total. The van der Waals surface area contributed by atoms with Crippen LogP contribution in [0.4, 0.5) is 10.1 Å². The predicted octanol–water partition coefficient (Wildman–Crippen LogP) is 3.45. The zero-order valence-corrected chi connectivity index (χ0v) is 19.9. The highest BCUT2D eigenvalue weighted by molar-refractivity contribution is 5.98. The molecule has 5 aromatic rings. The topological polar surface area (TPSA) is 115 Å². The summed E-state index contributed by atoms with van der Waals surface area (Å²) in [6.45, 7) is -0.316. The summed E-state index contributed by atoms with van der Waals surface area (Å²) in [5.41, 5.74) is -0.370. The van der Waals surface area contributed by atoms with Crippen molar-refractivity contribution in [3.05, 3.63) is 129 Å². The fraction of sp³-hybridized carbons (Fsp3) is 0.0714. The minimum atomic E-state index is -0.754. The molecule has 0 unspecified atom stereocenters. The number of nitrogens with one attached hydrogen (secondary N) is 2. The van der Waals surface area contributed by atoms with Crippen LogP contribution in [-0.2, 0) is 17.9 Å². The number of carbonyl (C=O) groups is 2. The predicted molar refractivity (Wildman–Crippen MR) is 139 cm³/mol. The lowest BCUT2D eigenvalue weighted by atomic mass is 10.1. The molecule has 0 bridgehead atoms. The first-order chi connectivity index (χ1) is 18.4. The molecule has 0 fully saturated rings. The van der Waals surface area contributed by atoms with Crippen molar-refractivity contribution in [1.82, 2.24) is 14.5 Å². The first kappa shape index (κ1) is 24.4. The van der Waals surface area contributed by atoms with E-state index in [-0.39, 0.29) is 23.0 Å². The maximum Gasteiger partial charge on any atom is 0.336 e. The highest BCUT2D eigenvalue weighted by Crippen LogP contribution is 2.15. The van der Waals surface area contributed by atoms with Gasteiger partial charge in [-0.05, 0) is 66.7 Å². The Bertz CT molecular complexity index is 1740. The van der Waals surface area contributed by atoms with Gasteiger partial charge in [-0.3, -0.25) is 19.0 Å². The standard InChI is InChI=1S/C28H21FN4O5/c29-19-9-11-20(12-10-19)31-25(34)17-32-24-15-18(26(35)30-16-22-7-4-14-38-22)8-13-23(24)27(36)33(28(32)37)21-5-2-1-3-6-21/h1-15H,16-17H2,(H,30,35)(H,31,34). The van der Waals surface area contributed by atoms with Gasteiger partial charge in [0.05, 0.1) is 29.4 Å². The number of nitrogens with zero attached hydrogens (tertiary/aromatic N) is 2. The van der Waals surface area contributed by atoms with Crippen molar-refractivity contribution < 1.29 is 18.4 Å². The zero-order valence-electron chi connectivity index (χ0n) is 19.9. The lowest BCUT2D eigenvalue weighted by molar-refractivity contribution is -0.116. The van der Waals surface area contributed by atoms with E-state index in [0.29, 0.717) is 17.1 Å². The van der Waals surface area contributed by atoms with E-state index in [2.05, 4.69) is 10.6 Å². The number of hydrogen-bond donors (Lipinski definition) is 2. The van der Waals surface area contributed by atoms with Gasteiger partial charge in [0.2, 0.25) is 5.91 Å². The van der Waals surface area contributed by atoms with Crippen LogP contribution in [0.25, 0.3) is 16.6 Å². The number of hydrogen-bond acceptors (Lipinski definition) is 5. The third-order valence-corrected chi connectivity index (χ3v) is 5.85. The van der Waals surface area contributed by atoms with Crippen LogP contribution < -0.4 is 21.9 Å². The molecule has 2 heterocycles. The third-order valence-electron chi connectivity index (χ3n) is 5.85. The van der Waals surface area contributed by atoms with Gasteiger partial charge in [0, 0.05) is 11.3 Å². The molecule has 2 N–H and O–H groups in total. The average molecular weight is 512 g/mol. The van der Waals surface area contributed by atoms with Crippen molar-refractivity contribution in [3.63, 3.8) is 0 Å². The summed E-state index contributed by atoms with van der Waals surface area (Å²) >= 11 is 0. The van der Waals surface area contributed by atoms with Crippen molar-refractivity contribution in [2.45, 2.75) is 13.1 Å². The van der Waals surface area contributed by atoms with Crippen LogP contribution in [-0.4, -0.2) is 20.9 Å². The Hall–Kier alpha value is -5.25. The van der Waals surface area contributed by atoms with Crippen molar-refractivity contribution in [2.75, 3.05) is 5.32 Å². The van der Waals surface area contributed by atoms with E-state index >= 15 is 0 Å². The van der Waals surface area contributed by atoms with Crippen LogP contribution in [0.3, 0.4) is 0 Å². The van der Waals surface area contributed by atoms with Gasteiger partial charge in [-0.2, -0.15) is 0 Å². The van der Waals surface area contributed by atoms with Crippen molar-refractivity contribution in [1.29, 1.82) is 0 Å². The van der Waals surface area contributed by atoms with Crippen LogP contribution in [0.5, 0.6) is 0 Å². The molecule has 0 spiro atoms. The van der Waals surface area contributed by atoms with E-state index < -0.39 is 35.4 Å². The zero-order chi connectivity index (χ0) is 26.6. The molecule has 2 amide bonds. The normalized spacial score (nSPS) is 10.9. The fourth-order valence-corrected chi connectivity index (χ4v) is 4.03. The average Bonchev–Trinajstić information content (AvgIpc) is 3.45. The highest BCUT2D eigenvalue weighted by Gasteiger charge is 2.19. The molecule has 190 valence electrons. The monoisotopic (exact) mass is 512 g/mol. The molecule has 0 saturated heterocycles. The quantitative estimate of drug-likeness (QED) is 0.347. The van der Waals surface area contributed by atoms with Gasteiger partial charge < -0.3 is 15.1 Å². The first-order valence-corrected chi connectivity index (χ1v) is 11.6. The molecule has 0 atom stereocenters. The van der Waals surface area contributed by atoms with Gasteiger partial charge in [-0.25, -0.2) is 13.8 Å². The van der Waals surface area contributed by atoms with E-state index in [9.17, 15) is 23.6 Å². The summed E-state index contributed by atoms with van der Waals surface area (Å²) in [4.78, 5) is 52.7. The molecule has 38 heavy (non-hydrogen) atoms. The summed E-state index contributed by atoms with van der Waals surface area (Å²) in [6.07, 6.45) is 1.49. The van der Waals surface area contributed by atoms with Gasteiger partial charge in [0.25, 0.3) is 11.5 Å². The number of para-hydroxylation sites is 1. The second kappa shape index (κ2) is 10.4. The number of furan rings is 1. The molecular formula is C28H21FN4O5. The van der Waals surface area contributed by atoms with Gasteiger partial charge >= 0.3 is 5.69 Å². The Morgan fingerprint density at radius 1 is 0.895 bits per heavy atom.